The quantitative estimate of drug-likeness (QED) is 0.357. The van der Waals surface area contributed by atoms with Crippen LogP contribution in [0.2, 0.25) is 0 Å². The van der Waals surface area contributed by atoms with E-state index < -0.39 is 6.53 Å². The summed E-state index contributed by atoms with van der Waals surface area (Å²) in [6.45, 7) is 4.91. The summed E-state index contributed by atoms with van der Waals surface area (Å²) in [5.74, 6) is 0.563. The molecule has 0 saturated carbocycles. The first-order valence-corrected chi connectivity index (χ1v) is 5.89. The van der Waals surface area contributed by atoms with Crippen molar-refractivity contribution in [3.63, 3.8) is 0 Å². The number of hydrogen-bond donors (Lipinski definition) is 0. The van der Waals surface area contributed by atoms with Gasteiger partial charge >= 0.3 is 51.3 Å². The Hall–Kier alpha value is 0.945. The van der Waals surface area contributed by atoms with Crippen LogP contribution in [-0.2, 0) is 6.53 Å². The molecule has 0 bridgehead atoms. The zero-order valence-corrected chi connectivity index (χ0v) is 6.45. The van der Waals surface area contributed by atoms with Gasteiger partial charge in [0.15, 0.2) is 0 Å². The Balaban J connectivity index is 3.85. The molecule has 0 spiro atoms. The molecule has 1 unspecified atom stereocenters. The third kappa shape index (κ3) is 4.94. The monoisotopic (exact) mass is 215 g/mol. The Morgan fingerprint density at radius 1 is 2.00 bits per heavy atom. The molecule has 0 rings (SSSR count). The SMILES string of the molecule is [B]=S(=O)(I)CC. The van der Waals surface area contributed by atoms with Crippen molar-refractivity contribution in [1.29, 1.82) is 0 Å². The minimum atomic E-state index is -1.94. The Morgan fingerprint density at radius 2 is 2.17 bits per heavy atom. The van der Waals surface area contributed by atoms with Crippen LogP contribution in [0.4, 0.5) is 0 Å². The third-order valence-corrected chi connectivity index (χ3v) is 3.05. The van der Waals surface area contributed by atoms with Crippen LogP contribution in [-0.4, -0.2) is 16.7 Å². The van der Waals surface area contributed by atoms with Gasteiger partial charge in [0.05, 0.1) is 0 Å². The fourth-order valence-corrected chi connectivity index (χ4v) is 0. The molecule has 1 atom stereocenters. The van der Waals surface area contributed by atoms with E-state index in [1.54, 1.807) is 28.1 Å². The zero-order chi connectivity index (χ0) is 5.21. The van der Waals surface area contributed by atoms with Crippen molar-refractivity contribution < 1.29 is 4.21 Å². The van der Waals surface area contributed by atoms with E-state index in [-0.39, 0.29) is 0 Å². The standard InChI is InChI=1S/C2H5BIOS/c1-2-6(3,4)5/h2H2,1H3. The van der Waals surface area contributed by atoms with Crippen LogP contribution >= 0.6 is 21.2 Å². The summed E-state index contributed by atoms with van der Waals surface area (Å²) in [4.78, 5) is 0. The van der Waals surface area contributed by atoms with E-state index in [2.05, 4.69) is 0 Å². The van der Waals surface area contributed by atoms with E-state index in [9.17, 15) is 4.21 Å². The molecule has 0 aliphatic rings. The molecule has 0 N–H and O–H groups in total. The van der Waals surface area contributed by atoms with Gasteiger partial charge in [-0.25, -0.2) is 0 Å². The van der Waals surface area contributed by atoms with E-state index in [1.165, 1.54) is 0 Å². The van der Waals surface area contributed by atoms with E-state index >= 15 is 0 Å². The first kappa shape index (κ1) is 6.94. The molecule has 0 aromatic rings. The maximum absolute atomic E-state index is 10.3. The van der Waals surface area contributed by atoms with Crippen LogP contribution in [0, 0.1) is 0 Å². The molecule has 6 heavy (non-hydrogen) atoms. The molecule has 0 aliphatic heterocycles. The summed E-state index contributed by atoms with van der Waals surface area (Å²) >= 11 is 1.75. The van der Waals surface area contributed by atoms with Crippen molar-refractivity contribution in [1.82, 2.24) is 0 Å². The zero-order valence-electron chi connectivity index (χ0n) is 3.48. The molecule has 1 nitrogen and oxygen atoms in total. The van der Waals surface area contributed by atoms with Gasteiger partial charge in [-0.15, -0.1) is 0 Å². The van der Waals surface area contributed by atoms with Crippen LogP contribution in [0.1, 0.15) is 6.92 Å². The average molecular weight is 215 g/mol. The van der Waals surface area contributed by atoms with Crippen molar-refractivity contribution >= 4 is 34.5 Å². The van der Waals surface area contributed by atoms with Gasteiger partial charge in [-0.3, -0.25) is 0 Å². The predicted molar refractivity (Wildman–Crippen MR) is 38.5 cm³/mol. The van der Waals surface area contributed by atoms with Gasteiger partial charge in [0.2, 0.25) is 0 Å². The molecule has 35 valence electrons. The first-order valence-electron chi connectivity index (χ1n) is 1.55. The average Bonchev–Trinajstić information content (AvgIpc) is 1.35. The van der Waals surface area contributed by atoms with Crippen LogP contribution in [0.3, 0.4) is 0 Å². The molecule has 0 aromatic carbocycles. The Morgan fingerprint density at radius 3 is 2.17 bits per heavy atom. The molecule has 0 aromatic heterocycles. The Kier molecular flexibility index (Phi) is 2.67. The fourth-order valence-electron chi connectivity index (χ4n) is 0. The van der Waals surface area contributed by atoms with Crippen molar-refractivity contribution in [2.24, 2.45) is 0 Å². The third-order valence-electron chi connectivity index (χ3n) is 0.394. The normalized spacial score (nSPS) is 19.5. The number of rotatable bonds is 1. The molecule has 0 saturated heterocycles. The molecule has 0 fully saturated rings. The first-order chi connectivity index (χ1) is 2.56. The summed E-state index contributed by atoms with van der Waals surface area (Å²) in [6, 6.07) is 0. The second kappa shape index (κ2) is 2.30. The van der Waals surface area contributed by atoms with E-state index in [4.69, 9.17) is 6.72 Å². The fraction of sp³-hybridized carbons (Fsp3) is 1.00. The van der Waals surface area contributed by atoms with E-state index in [0.717, 1.165) is 0 Å². The Bertz CT molecular complexity index is 116. The molecule has 4 heteroatoms. The van der Waals surface area contributed by atoms with E-state index in [0.29, 0.717) is 5.75 Å². The molecular weight excluding hydrogens is 210 g/mol. The van der Waals surface area contributed by atoms with Crippen molar-refractivity contribution in [2.45, 2.75) is 6.92 Å². The number of halogens is 1. The second-order valence-electron chi connectivity index (χ2n) is 0.931. The number of hydrogen-bond acceptors (Lipinski definition) is 1. The van der Waals surface area contributed by atoms with Gasteiger partial charge in [0.25, 0.3) is 0 Å². The van der Waals surface area contributed by atoms with E-state index in [1.807, 2.05) is 0 Å². The van der Waals surface area contributed by atoms with Crippen molar-refractivity contribution in [2.75, 3.05) is 5.75 Å². The molecular formula is C2H5BIOS. The maximum atomic E-state index is 10.3. The van der Waals surface area contributed by atoms with Gasteiger partial charge in [-0.1, -0.05) is 0 Å². The van der Waals surface area contributed by atoms with Gasteiger partial charge < -0.3 is 0 Å². The molecule has 1 radical (unpaired) electrons. The summed E-state index contributed by atoms with van der Waals surface area (Å²) < 4.78 is 10.3. The van der Waals surface area contributed by atoms with Crippen LogP contribution < -0.4 is 0 Å². The van der Waals surface area contributed by atoms with Crippen LogP contribution in [0.5, 0.6) is 0 Å². The predicted octanol–water partition coefficient (Wildman–Crippen LogP) is 0.724. The molecule has 0 aliphatic carbocycles. The summed E-state index contributed by atoms with van der Waals surface area (Å²) in [5.41, 5.74) is 0. The molecule has 0 heterocycles. The van der Waals surface area contributed by atoms with Gasteiger partial charge in [-0.05, 0) is 0 Å². The summed E-state index contributed by atoms with van der Waals surface area (Å²) in [7, 11) is 0. The summed E-state index contributed by atoms with van der Waals surface area (Å²) in [6.07, 6.45) is 0. The second-order valence-corrected chi connectivity index (χ2v) is 7.26. The van der Waals surface area contributed by atoms with Crippen molar-refractivity contribution in [3.8, 4) is 0 Å². The van der Waals surface area contributed by atoms with Crippen LogP contribution in [0.25, 0.3) is 0 Å². The summed E-state index contributed by atoms with van der Waals surface area (Å²) in [5, 5.41) is 0. The van der Waals surface area contributed by atoms with Crippen molar-refractivity contribution in [3.05, 3.63) is 0 Å². The Labute approximate surface area is 51.4 Å². The van der Waals surface area contributed by atoms with Crippen LogP contribution in [0.15, 0.2) is 0 Å². The topological polar surface area (TPSA) is 17.1 Å². The van der Waals surface area contributed by atoms with Gasteiger partial charge in [-0.2, -0.15) is 0 Å². The molecule has 0 amide bonds. The minimum absolute atomic E-state index is 0.563. The van der Waals surface area contributed by atoms with Gasteiger partial charge in [0.1, 0.15) is 0 Å². The van der Waals surface area contributed by atoms with Gasteiger partial charge in [0, 0.05) is 0 Å².